The van der Waals surface area contributed by atoms with Crippen molar-refractivity contribution in [2.24, 2.45) is 18.9 Å². The molecule has 57 heavy (non-hydrogen) atoms. The zero-order chi connectivity index (χ0) is 40.2. The lowest BCUT2D eigenvalue weighted by Crippen LogP contribution is -2.44. The number of halogens is 1. The molecule has 0 bridgehead atoms. The van der Waals surface area contributed by atoms with Crippen LogP contribution in [0.5, 0.6) is 5.75 Å². The SMILES string of the molecule is C[C@@H](C(=O)Nc1ccc2c(F)c(N3CC(=O)NS3(=O)=O)c(OCc3ccccc3)cc2c1)C1CCN(c2ccc3c(c2)n(C)c(=O)n3C2CCC(=O)NC2=O)CC1. The van der Waals surface area contributed by atoms with E-state index in [1.807, 2.05) is 60.2 Å². The monoisotopic (exact) mass is 797 g/mol. The third-order valence-electron chi connectivity index (χ3n) is 11.2. The Kier molecular flexibility index (Phi) is 9.71. The minimum Gasteiger partial charge on any atom is -0.487 e. The first-order valence-electron chi connectivity index (χ1n) is 18.7. The molecular formula is C40H40FN7O8S. The highest BCUT2D eigenvalue weighted by Gasteiger charge is 2.39. The van der Waals surface area contributed by atoms with E-state index in [4.69, 9.17) is 4.74 Å². The molecule has 0 aliphatic carbocycles. The molecule has 4 amide bonds. The van der Waals surface area contributed by atoms with Gasteiger partial charge in [-0.3, -0.25) is 33.6 Å². The molecular weight excluding hydrogens is 758 g/mol. The lowest BCUT2D eigenvalue weighted by Gasteiger charge is -2.36. The fourth-order valence-corrected chi connectivity index (χ4v) is 9.19. The summed E-state index contributed by atoms with van der Waals surface area (Å²) < 4.78 is 53.3. The van der Waals surface area contributed by atoms with E-state index in [0.29, 0.717) is 39.5 Å². The molecule has 17 heteroatoms. The number of piperidine rings is 2. The number of ether oxygens (including phenoxy) is 1. The van der Waals surface area contributed by atoms with Crippen molar-refractivity contribution in [1.29, 1.82) is 0 Å². The lowest BCUT2D eigenvalue weighted by atomic mass is 9.84. The number of nitrogens with one attached hydrogen (secondary N) is 3. The van der Waals surface area contributed by atoms with Crippen LogP contribution >= 0.6 is 0 Å². The summed E-state index contributed by atoms with van der Waals surface area (Å²) in [6.07, 6.45) is 1.88. The van der Waals surface area contributed by atoms with Crippen LogP contribution in [0.4, 0.5) is 21.5 Å². The number of benzene rings is 4. The number of anilines is 3. The Bertz CT molecular complexity index is 2640. The molecule has 4 aromatic carbocycles. The maximum Gasteiger partial charge on any atom is 0.329 e. The minimum absolute atomic E-state index is 0.00711. The molecule has 15 nitrogen and oxygen atoms in total. The van der Waals surface area contributed by atoms with Crippen LogP contribution in [0.25, 0.3) is 21.8 Å². The van der Waals surface area contributed by atoms with Gasteiger partial charge in [0.15, 0.2) is 5.82 Å². The van der Waals surface area contributed by atoms with Crippen molar-refractivity contribution in [3.8, 4) is 5.75 Å². The fraction of sp³-hybridized carbons (Fsp3) is 0.325. The largest absolute Gasteiger partial charge is 0.487 e. The van der Waals surface area contributed by atoms with Gasteiger partial charge in [0, 0.05) is 49.2 Å². The summed E-state index contributed by atoms with van der Waals surface area (Å²) in [6, 6.07) is 20.1. The number of rotatable bonds is 9. The van der Waals surface area contributed by atoms with E-state index in [2.05, 4.69) is 15.5 Å². The highest BCUT2D eigenvalue weighted by molar-refractivity contribution is 7.92. The molecule has 1 aromatic heterocycles. The second-order valence-electron chi connectivity index (χ2n) is 14.7. The predicted octanol–water partition coefficient (Wildman–Crippen LogP) is 3.86. The molecule has 0 spiro atoms. The average Bonchev–Trinajstić information content (AvgIpc) is 3.61. The molecule has 2 atom stereocenters. The molecule has 8 rings (SSSR count). The second-order valence-corrected chi connectivity index (χ2v) is 16.3. The molecule has 296 valence electrons. The van der Waals surface area contributed by atoms with Crippen molar-refractivity contribution >= 4 is 72.7 Å². The van der Waals surface area contributed by atoms with Gasteiger partial charge < -0.3 is 15.0 Å². The number of carbonyl (C=O) groups is 4. The van der Waals surface area contributed by atoms with Crippen LogP contribution in [0, 0.1) is 17.7 Å². The van der Waals surface area contributed by atoms with Crippen LogP contribution in [0.2, 0.25) is 0 Å². The van der Waals surface area contributed by atoms with Crippen molar-refractivity contribution in [3.05, 3.63) is 94.7 Å². The van der Waals surface area contributed by atoms with Crippen LogP contribution in [0.3, 0.4) is 0 Å². The van der Waals surface area contributed by atoms with E-state index in [1.165, 1.54) is 21.3 Å². The number of amides is 4. The summed E-state index contributed by atoms with van der Waals surface area (Å²) in [5.74, 6) is -3.09. The smallest absolute Gasteiger partial charge is 0.329 e. The Balaban J connectivity index is 0.965. The molecule has 3 fully saturated rings. The predicted molar refractivity (Wildman–Crippen MR) is 210 cm³/mol. The Morgan fingerprint density at radius 2 is 1.70 bits per heavy atom. The summed E-state index contributed by atoms with van der Waals surface area (Å²) in [6.45, 7) is 2.63. The van der Waals surface area contributed by atoms with Crippen LogP contribution < -0.4 is 35.0 Å². The first-order valence-corrected chi connectivity index (χ1v) is 20.1. The second kappa shape index (κ2) is 14.7. The summed E-state index contributed by atoms with van der Waals surface area (Å²) in [4.78, 5) is 65.4. The summed E-state index contributed by atoms with van der Waals surface area (Å²) in [7, 11) is -2.69. The van der Waals surface area contributed by atoms with E-state index in [0.717, 1.165) is 24.1 Å². The zero-order valence-electron chi connectivity index (χ0n) is 31.2. The summed E-state index contributed by atoms with van der Waals surface area (Å²) >= 11 is 0. The molecule has 4 heterocycles. The first kappa shape index (κ1) is 37.7. The zero-order valence-corrected chi connectivity index (χ0v) is 32.0. The molecule has 5 aromatic rings. The van der Waals surface area contributed by atoms with Crippen LogP contribution in [0.1, 0.15) is 44.2 Å². The average molecular weight is 798 g/mol. The molecule has 0 saturated carbocycles. The van der Waals surface area contributed by atoms with Gasteiger partial charge in [0.25, 0.3) is 5.91 Å². The number of aryl methyl sites for hydroxylation is 1. The topological polar surface area (TPSA) is 181 Å². The van der Waals surface area contributed by atoms with Gasteiger partial charge in [-0.2, -0.15) is 8.42 Å². The molecule has 3 N–H and O–H groups in total. The van der Waals surface area contributed by atoms with Crippen LogP contribution in [0.15, 0.2) is 77.6 Å². The van der Waals surface area contributed by atoms with E-state index < -0.39 is 40.4 Å². The van der Waals surface area contributed by atoms with Crippen molar-refractivity contribution in [2.75, 3.05) is 34.2 Å². The van der Waals surface area contributed by atoms with Gasteiger partial charge in [-0.25, -0.2) is 18.2 Å². The van der Waals surface area contributed by atoms with E-state index in [-0.39, 0.29) is 65.6 Å². The molecule has 3 aliphatic rings. The third-order valence-corrected chi connectivity index (χ3v) is 12.6. The normalized spacial score (nSPS) is 19.1. The number of aromatic nitrogens is 2. The maximum absolute atomic E-state index is 16.3. The van der Waals surface area contributed by atoms with E-state index in [1.54, 1.807) is 19.2 Å². The Morgan fingerprint density at radius 1 is 0.947 bits per heavy atom. The van der Waals surface area contributed by atoms with Gasteiger partial charge in [-0.15, -0.1) is 0 Å². The van der Waals surface area contributed by atoms with Gasteiger partial charge in [0.1, 0.15) is 30.6 Å². The number of hydrogen-bond donors (Lipinski definition) is 3. The highest BCUT2D eigenvalue weighted by atomic mass is 32.2. The minimum atomic E-state index is -4.35. The van der Waals surface area contributed by atoms with Crippen molar-refractivity contribution in [2.45, 2.75) is 45.3 Å². The Labute approximate surface area is 326 Å². The van der Waals surface area contributed by atoms with Gasteiger partial charge >= 0.3 is 15.9 Å². The number of carbonyl (C=O) groups excluding carboxylic acids is 4. The number of fused-ring (bicyclic) bond motifs is 2. The van der Waals surface area contributed by atoms with Gasteiger partial charge in [-0.1, -0.05) is 37.3 Å². The summed E-state index contributed by atoms with van der Waals surface area (Å²) in [5, 5.41) is 5.73. The third kappa shape index (κ3) is 7.07. The molecule has 0 radical (unpaired) electrons. The highest BCUT2D eigenvalue weighted by Crippen LogP contribution is 2.41. The van der Waals surface area contributed by atoms with Crippen molar-refractivity contribution < 1.29 is 36.7 Å². The fourth-order valence-electron chi connectivity index (χ4n) is 8.03. The Hall–Kier alpha value is -6.23. The van der Waals surface area contributed by atoms with E-state index in [9.17, 15) is 32.4 Å². The van der Waals surface area contributed by atoms with Crippen LogP contribution in [-0.2, 0) is 43.0 Å². The van der Waals surface area contributed by atoms with Crippen LogP contribution in [-0.4, -0.2) is 60.8 Å². The molecule has 1 unspecified atom stereocenters. The number of imide groups is 1. The first-order chi connectivity index (χ1) is 27.3. The number of hydrogen-bond acceptors (Lipinski definition) is 9. The molecule has 3 aliphatic heterocycles. The van der Waals surface area contributed by atoms with Gasteiger partial charge in [-0.05, 0) is 78.6 Å². The summed E-state index contributed by atoms with van der Waals surface area (Å²) in [5.41, 5.74) is 2.67. The van der Waals surface area contributed by atoms with Crippen molar-refractivity contribution in [3.63, 3.8) is 0 Å². The quantitative estimate of drug-likeness (QED) is 0.187. The van der Waals surface area contributed by atoms with Gasteiger partial charge in [0.05, 0.1) is 11.0 Å². The van der Waals surface area contributed by atoms with Crippen molar-refractivity contribution in [1.82, 2.24) is 19.2 Å². The lowest BCUT2D eigenvalue weighted by molar-refractivity contribution is -0.135. The standard InChI is InChI=1S/C40H40FN7O8S/c1-23(25-14-16-46(17-15-25)28-9-11-30-32(20-28)45(2)40(53)48(30)31-12-13-34(49)43-39(31)52)38(51)42-27-8-10-29-26(18-27)19-33(56-22-24-6-4-3-5-7-24)37(36(29)41)47-21-35(50)44-57(47,54)55/h3-11,18-20,23,25,31H,12-17,21-22H2,1-2H3,(H,42,51)(H,44,50)(H,43,49,52)/t23-,31?/m1/s1. The van der Waals surface area contributed by atoms with E-state index >= 15 is 4.39 Å². The number of imidazole rings is 1. The van der Waals surface area contributed by atoms with Gasteiger partial charge in [0.2, 0.25) is 17.7 Å². The Morgan fingerprint density at radius 3 is 2.40 bits per heavy atom. The number of nitrogens with zero attached hydrogens (tertiary/aromatic N) is 4. The molecule has 3 saturated heterocycles. The maximum atomic E-state index is 16.3.